The first-order valence-electron chi connectivity index (χ1n) is 8.39. The van der Waals surface area contributed by atoms with Crippen molar-refractivity contribution in [3.8, 4) is 5.69 Å². The number of aromatic nitrogens is 3. The predicted molar refractivity (Wildman–Crippen MR) is 91.5 cm³/mol. The van der Waals surface area contributed by atoms with E-state index in [-0.39, 0.29) is 23.3 Å². The molecule has 0 N–H and O–H groups in total. The maximum atomic E-state index is 12.8. The molecule has 1 saturated carbocycles. The summed E-state index contributed by atoms with van der Waals surface area (Å²) in [6.07, 6.45) is 7.08. The fourth-order valence-electron chi connectivity index (χ4n) is 3.56. The quantitative estimate of drug-likeness (QED) is 0.628. The molecule has 0 bridgehead atoms. The first-order valence-corrected chi connectivity index (χ1v) is 8.39. The molecule has 1 aliphatic carbocycles. The molecule has 25 heavy (non-hydrogen) atoms. The Hall–Kier alpha value is -2.77. The smallest absolute Gasteiger partial charge is 0.295 e. The van der Waals surface area contributed by atoms with Crippen LogP contribution >= 0.6 is 0 Å². The van der Waals surface area contributed by atoms with Gasteiger partial charge in [0.15, 0.2) is 0 Å². The molecule has 2 unspecified atom stereocenters. The third kappa shape index (κ3) is 3.38. The highest BCUT2D eigenvalue weighted by atomic mass is 16.6. The molecule has 1 aromatic carbocycles. The number of rotatable bonds is 4. The van der Waals surface area contributed by atoms with Gasteiger partial charge in [-0.2, -0.15) is 5.10 Å². The Labute approximate surface area is 145 Å². The van der Waals surface area contributed by atoms with E-state index in [9.17, 15) is 14.9 Å². The summed E-state index contributed by atoms with van der Waals surface area (Å²) in [6, 6.07) is 4.65. The Kier molecular flexibility index (Phi) is 4.78. The minimum Gasteiger partial charge on any atom is -0.338 e. The Balaban J connectivity index is 1.90. The maximum Gasteiger partial charge on any atom is 0.295 e. The zero-order valence-corrected chi connectivity index (χ0v) is 14.3. The monoisotopic (exact) mass is 343 g/mol. The van der Waals surface area contributed by atoms with Crippen molar-refractivity contribution < 1.29 is 9.72 Å². The minimum absolute atomic E-state index is 0.165. The third-order valence-electron chi connectivity index (χ3n) is 4.97. The number of nitro benzene ring substituents is 1. The van der Waals surface area contributed by atoms with Gasteiger partial charge in [0.2, 0.25) is 0 Å². The largest absolute Gasteiger partial charge is 0.338 e. The van der Waals surface area contributed by atoms with E-state index in [1.54, 1.807) is 18.0 Å². The second-order valence-corrected chi connectivity index (χ2v) is 6.55. The van der Waals surface area contributed by atoms with E-state index < -0.39 is 4.92 Å². The molecular formula is C17H21N5O3. The highest BCUT2D eigenvalue weighted by molar-refractivity contribution is 5.95. The highest BCUT2D eigenvalue weighted by Gasteiger charge is 2.29. The van der Waals surface area contributed by atoms with Gasteiger partial charge in [-0.05, 0) is 30.9 Å². The van der Waals surface area contributed by atoms with Gasteiger partial charge in [0, 0.05) is 24.7 Å². The lowest BCUT2D eigenvalue weighted by molar-refractivity contribution is -0.384. The Bertz CT molecular complexity index is 775. The number of nitro groups is 1. The zero-order valence-electron chi connectivity index (χ0n) is 14.3. The molecule has 1 aromatic heterocycles. The molecule has 8 nitrogen and oxygen atoms in total. The van der Waals surface area contributed by atoms with Gasteiger partial charge < -0.3 is 4.90 Å². The lowest BCUT2D eigenvalue weighted by Crippen LogP contribution is -2.42. The van der Waals surface area contributed by atoms with Gasteiger partial charge in [-0.1, -0.05) is 19.8 Å². The maximum absolute atomic E-state index is 12.8. The summed E-state index contributed by atoms with van der Waals surface area (Å²) < 4.78 is 1.32. The van der Waals surface area contributed by atoms with Crippen molar-refractivity contribution >= 4 is 11.6 Å². The standard InChI is InChI=1S/C17H21N5O3/c1-12-5-3-4-6-14(12)20(2)17(23)13-7-8-15(16(9-13)22(24)25)21-11-18-10-19-21/h7-12,14H,3-6H2,1-2H3. The molecule has 2 aromatic rings. The number of nitrogens with zero attached hydrogens (tertiary/aromatic N) is 5. The SMILES string of the molecule is CC1CCCCC1N(C)C(=O)c1ccc(-n2cncn2)c([N+](=O)[O-])c1. The Morgan fingerprint density at radius 2 is 2.12 bits per heavy atom. The van der Waals surface area contributed by atoms with E-state index in [4.69, 9.17) is 0 Å². The van der Waals surface area contributed by atoms with E-state index in [0.29, 0.717) is 11.5 Å². The molecule has 0 spiro atoms. The number of benzene rings is 1. The number of carbonyl (C=O) groups excluding carboxylic acids is 1. The molecule has 1 fully saturated rings. The van der Waals surface area contributed by atoms with Crippen molar-refractivity contribution in [1.29, 1.82) is 0 Å². The van der Waals surface area contributed by atoms with Crippen molar-refractivity contribution in [2.24, 2.45) is 5.92 Å². The summed E-state index contributed by atoms with van der Waals surface area (Å²) >= 11 is 0. The summed E-state index contributed by atoms with van der Waals surface area (Å²) in [5, 5.41) is 15.4. The van der Waals surface area contributed by atoms with Gasteiger partial charge in [0.1, 0.15) is 18.3 Å². The van der Waals surface area contributed by atoms with Crippen LogP contribution in [0.25, 0.3) is 5.69 Å². The van der Waals surface area contributed by atoms with E-state index in [0.717, 1.165) is 19.3 Å². The third-order valence-corrected chi connectivity index (χ3v) is 4.97. The van der Waals surface area contributed by atoms with Gasteiger partial charge in [-0.3, -0.25) is 14.9 Å². The van der Waals surface area contributed by atoms with Gasteiger partial charge >= 0.3 is 0 Å². The lowest BCUT2D eigenvalue weighted by atomic mass is 9.85. The normalized spacial score (nSPS) is 20.2. The van der Waals surface area contributed by atoms with Crippen LogP contribution in [0.3, 0.4) is 0 Å². The van der Waals surface area contributed by atoms with Crippen LogP contribution in [-0.4, -0.2) is 43.6 Å². The summed E-state index contributed by atoms with van der Waals surface area (Å²) in [5.74, 6) is 0.249. The fourth-order valence-corrected chi connectivity index (χ4v) is 3.56. The van der Waals surface area contributed by atoms with E-state index in [2.05, 4.69) is 17.0 Å². The van der Waals surface area contributed by atoms with E-state index in [1.807, 2.05) is 0 Å². The first-order chi connectivity index (χ1) is 12.0. The fraction of sp³-hybridized carbons (Fsp3) is 0.471. The zero-order chi connectivity index (χ0) is 18.0. The van der Waals surface area contributed by atoms with Crippen LogP contribution in [-0.2, 0) is 0 Å². The average Bonchev–Trinajstić information content (AvgIpc) is 3.15. The van der Waals surface area contributed by atoms with Crippen LogP contribution in [0.15, 0.2) is 30.9 Å². The van der Waals surface area contributed by atoms with Crippen LogP contribution in [0.1, 0.15) is 43.0 Å². The van der Waals surface area contributed by atoms with Gasteiger partial charge in [0.05, 0.1) is 4.92 Å². The number of hydrogen-bond acceptors (Lipinski definition) is 5. The van der Waals surface area contributed by atoms with Gasteiger partial charge in [-0.15, -0.1) is 0 Å². The minimum atomic E-state index is -0.503. The van der Waals surface area contributed by atoms with Gasteiger partial charge in [-0.25, -0.2) is 9.67 Å². The number of hydrogen-bond donors (Lipinski definition) is 0. The number of amides is 1. The molecule has 1 amide bonds. The van der Waals surface area contributed by atoms with Crippen LogP contribution in [0, 0.1) is 16.0 Å². The Morgan fingerprint density at radius 3 is 2.76 bits per heavy atom. The van der Waals surface area contributed by atoms with Crippen LogP contribution < -0.4 is 0 Å². The molecule has 3 rings (SSSR count). The van der Waals surface area contributed by atoms with Crippen LogP contribution in [0.5, 0.6) is 0 Å². The Morgan fingerprint density at radius 1 is 1.36 bits per heavy atom. The van der Waals surface area contributed by atoms with Crippen LogP contribution in [0.2, 0.25) is 0 Å². The molecule has 1 aliphatic rings. The summed E-state index contributed by atoms with van der Waals surface area (Å²) in [4.78, 5) is 29.3. The lowest BCUT2D eigenvalue weighted by Gasteiger charge is -2.36. The molecule has 0 radical (unpaired) electrons. The summed E-state index contributed by atoms with van der Waals surface area (Å²) in [5.41, 5.74) is 0.435. The van der Waals surface area contributed by atoms with Crippen LogP contribution in [0.4, 0.5) is 5.69 Å². The molecule has 8 heteroatoms. The molecule has 0 aliphatic heterocycles. The summed E-state index contributed by atoms with van der Waals surface area (Å²) in [7, 11) is 1.78. The molecular weight excluding hydrogens is 322 g/mol. The van der Waals surface area contributed by atoms with E-state index in [1.165, 1.54) is 35.9 Å². The van der Waals surface area contributed by atoms with Crippen molar-refractivity contribution in [2.75, 3.05) is 7.05 Å². The van der Waals surface area contributed by atoms with Gasteiger partial charge in [0.25, 0.3) is 11.6 Å². The average molecular weight is 343 g/mol. The van der Waals surface area contributed by atoms with Crippen molar-refractivity contribution in [3.05, 3.63) is 46.5 Å². The summed E-state index contributed by atoms with van der Waals surface area (Å²) in [6.45, 7) is 2.16. The predicted octanol–water partition coefficient (Wildman–Crippen LogP) is 2.83. The van der Waals surface area contributed by atoms with E-state index >= 15 is 0 Å². The molecule has 132 valence electrons. The molecule has 2 atom stereocenters. The second kappa shape index (κ2) is 7.00. The second-order valence-electron chi connectivity index (χ2n) is 6.55. The first kappa shape index (κ1) is 17.1. The highest BCUT2D eigenvalue weighted by Crippen LogP contribution is 2.29. The van der Waals surface area contributed by atoms with Crippen molar-refractivity contribution in [1.82, 2.24) is 19.7 Å². The molecule has 1 heterocycles. The van der Waals surface area contributed by atoms with Crippen molar-refractivity contribution in [3.63, 3.8) is 0 Å². The number of carbonyl (C=O) groups is 1. The van der Waals surface area contributed by atoms with Crippen molar-refractivity contribution in [2.45, 2.75) is 38.6 Å². The molecule has 0 saturated heterocycles. The topological polar surface area (TPSA) is 94.2 Å².